The van der Waals surface area contributed by atoms with E-state index in [0.717, 1.165) is 20.2 Å². The highest BCUT2D eigenvalue weighted by Gasteiger charge is 2.07. The van der Waals surface area contributed by atoms with Gasteiger partial charge in [-0.2, -0.15) is 0 Å². The Bertz CT molecular complexity index is 436. The fraction of sp³-hybridized carbons (Fsp3) is 0.222. The molecule has 2 rings (SSSR count). The molecule has 13 heavy (non-hydrogen) atoms. The van der Waals surface area contributed by atoms with E-state index < -0.39 is 0 Å². The van der Waals surface area contributed by atoms with Crippen molar-refractivity contribution in [2.75, 3.05) is 0 Å². The van der Waals surface area contributed by atoms with Crippen LogP contribution in [0.25, 0.3) is 10.2 Å². The van der Waals surface area contributed by atoms with Gasteiger partial charge >= 0.3 is 0 Å². The lowest BCUT2D eigenvalue weighted by molar-refractivity contribution is 0.810. The van der Waals surface area contributed by atoms with Crippen LogP contribution in [-0.2, 0) is 0 Å². The van der Waals surface area contributed by atoms with Crippen molar-refractivity contribution in [3.8, 4) is 0 Å². The second kappa shape index (κ2) is 3.25. The average molecular weight is 213 g/mol. The molecule has 0 amide bonds. The van der Waals surface area contributed by atoms with E-state index >= 15 is 0 Å². The van der Waals surface area contributed by atoms with E-state index in [4.69, 9.17) is 17.3 Å². The fourth-order valence-electron chi connectivity index (χ4n) is 1.11. The van der Waals surface area contributed by atoms with Crippen LogP contribution in [0.2, 0.25) is 5.02 Å². The van der Waals surface area contributed by atoms with E-state index in [0.29, 0.717) is 0 Å². The summed E-state index contributed by atoms with van der Waals surface area (Å²) in [4.78, 5) is 4.39. The Kier molecular flexibility index (Phi) is 2.24. The molecule has 0 aliphatic carbocycles. The van der Waals surface area contributed by atoms with E-state index in [1.54, 1.807) is 11.3 Å². The smallest absolute Gasteiger partial charge is 0.110 e. The van der Waals surface area contributed by atoms with Crippen molar-refractivity contribution in [3.05, 3.63) is 28.2 Å². The molecule has 0 saturated carbocycles. The summed E-state index contributed by atoms with van der Waals surface area (Å²) in [6, 6.07) is 5.67. The van der Waals surface area contributed by atoms with Gasteiger partial charge in [0.25, 0.3) is 0 Å². The van der Waals surface area contributed by atoms with Crippen molar-refractivity contribution < 1.29 is 0 Å². The van der Waals surface area contributed by atoms with Gasteiger partial charge in [0.15, 0.2) is 0 Å². The lowest BCUT2D eigenvalue weighted by Gasteiger charge is -1.95. The van der Waals surface area contributed by atoms with Crippen LogP contribution in [0.5, 0.6) is 0 Å². The van der Waals surface area contributed by atoms with Crippen LogP contribution < -0.4 is 5.73 Å². The molecule has 2 aromatic rings. The molecule has 0 bridgehead atoms. The minimum absolute atomic E-state index is 0.00354. The van der Waals surface area contributed by atoms with Gasteiger partial charge in [-0.25, -0.2) is 4.98 Å². The standard InChI is InChI=1S/C9H9ClN2S/c1-5(11)9-12-7-3-2-6(10)4-8(7)13-9/h2-5H,11H2,1H3/t5-/m1/s1. The summed E-state index contributed by atoms with van der Waals surface area (Å²) in [6.07, 6.45) is 0. The third-order valence-corrected chi connectivity index (χ3v) is 3.21. The molecule has 1 heterocycles. The molecule has 0 fully saturated rings. The van der Waals surface area contributed by atoms with Gasteiger partial charge in [-0.1, -0.05) is 11.6 Å². The molecule has 0 aliphatic rings. The highest BCUT2D eigenvalue weighted by Crippen LogP contribution is 2.27. The number of halogens is 1. The summed E-state index contributed by atoms with van der Waals surface area (Å²) in [5.74, 6) is 0. The first-order valence-electron chi connectivity index (χ1n) is 3.98. The molecule has 1 aromatic heterocycles. The SMILES string of the molecule is C[C@@H](N)c1nc2ccc(Cl)cc2s1. The predicted octanol–water partition coefficient (Wildman–Crippen LogP) is 2.97. The Balaban J connectivity index is 2.62. The van der Waals surface area contributed by atoms with E-state index in [1.165, 1.54) is 0 Å². The highest BCUT2D eigenvalue weighted by atomic mass is 35.5. The van der Waals surface area contributed by atoms with Gasteiger partial charge in [-0.3, -0.25) is 0 Å². The molecule has 4 heteroatoms. The van der Waals surface area contributed by atoms with Gasteiger partial charge in [0.05, 0.1) is 16.3 Å². The zero-order chi connectivity index (χ0) is 9.42. The quantitative estimate of drug-likeness (QED) is 0.790. The van der Waals surface area contributed by atoms with Gasteiger partial charge in [0.1, 0.15) is 5.01 Å². The van der Waals surface area contributed by atoms with Crippen LogP contribution >= 0.6 is 22.9 Å². The summed E-state index contributed by atoms with van der Waals surface area (Å²) < 4.78 is 1.10. The van der Waals surface area contributed by atoms with Gasteiger partial charge < -0.3 is 5.73 Å². The number of rotatable bonds is 1. The molecule has 0 radical (unpaired) electrons. The van der Waals surface area contributed by atoms with E-state index in [2.05, 4.69) is 4.98 Å². The zero-order valence-electron chi connectivity index (χ0n) is 7.12. The molecule has 2 N–H and O–H groups in total. The highest BCUT2D eigenvalue weighted by molar-refractivity contribution is 7.18. The molecule has 0 aliphatic heterocycles. The summed E-state index contributed by atoms with van der Waals surface area (Å²) in [5, 5.41) is 1.70. The average Bonchev–Trinajstić information content (AvgIpc) is 2.46. The third kappa shape index (κ3) is 1.68. The normalized spacial score (nSPS) is 13.5. The zero-order valence-corrected chi connectivity index (χ0v) is 8.69. The summed E-state index contributed by atoms with van der Waals surface area (Å²) >= 11 is 7.45. The number of thiazole rings is 1. The number of hydrogen-bond donors (Lipinski definition) is 1. The molecule has 1 atom stereocenters. The number of nitrogens with zero attached hydrogens (tertiary/aromatic N) is 1. The van der Waals surface area contributed by atoms with Crippen LogP contribution in [0, 0.1) is 0 Å². The number of nitrogens with two attached hydrogens (primary N) is 1. The second-order valence-corrected chi connectivity index (χ2v) is 4.45. The van der Waals surface area contributed by atoms with E-state index in [-0.39, 0.29) is 6.04 Å². The van der Waals surface area contributed by atoms with Crippen LogP contribution in [0.4, 0.5) is 0 Å². The Morgan fingerprint density at radius 1 is 1.54 bits per heavy atom. The molecule has 68 valence electrons. The Morgan fingerprint density at radius 3 is 3.00 bits per heavy atom. The van der Waals surface area contributed by atoms with Crippen molar-refractivity contribution in [2.24, 2.45) is 5.73 Å². The van der Waals surface area contributed by atoms with Crippen molar-refractivity contribution in [1.82, 2.24) is 4.98 Å². The Labute approximate surface area is 85.3 Å². The fourth-order valence-corrected chi connectivity index (χ4v) is 2.31. The number of aromatic nitrogens is 1. The topological polar surface area (TPSA) is 38.9 Å². The largest absolute Gasteiger partial charge is 0.322 e. The van der Waals surface area contributed by atoms with E-state index in [1.807, 2.05) is 25.1 Å². The number of fused-ring (bicyclic) bond motifs is 1. The molecule has 1 aromatic carbocycles. The van der Waals surface area contributed by atoms with E-state index in [9.17, 15) is 0 Å². The monoisotopic (exact) mass is 212 g/mol. The van der Waals surface area contributed by atoms with Crippen LogP contribution in [0.3, 0.4) is 0 Å². The molecular weight excluding hydrogens is 204 g/mol. The summed E-state index contributed by atoms with van der Waals surface area (Å²) in [5.41, 5.74) is 6.70. The summed E-state index contributed by atoms with van der Waals surface area (Å²) in [7, 11) is 0. The number of benzene rings is 1. The summed E-state index contributed by atoms with van der Waals surface area (Å²) in [6.45, 7) is 1.93. The molecule has 0 spiro atoms. The molecule has 2 nitrogen and oxygen atoms in total. The maximum absolute atomic E-state index is 5.86. The second-order valence-electron chi connectivity index (χ2n) is 2.95. The van der Waals surface area contributed by atoms with Crippen molar-refractivity contribution >= 4 is 33.2 Å². The lowest BCUT2D eigenvalue weighted by Crippen LogP contribution is -2.03. The minimum Gasteiger partial charge on any atom is -0.322 e. The van der Waals surface area contributed by atoms with Crippen molar-refractivity contribution in [1.29, 1.82) is 0 Å². The van der Waals surface area contributed by atoms with Gasteiger partial charge in [0, 0.05) is 5.02 Å². The third-order valence-electron chi connectivity index (χ3n) is 1.76. The van der Waals surface area contributed by atoms with Crippen LogP contribution in [-0.4, -0.2) is 4.98 Å². The first-order chi connectivity index (χ1) is 6.16. The molecular formula is C9H9ClN2S. The van der Waals surface area contributed by atoms with Crippen molar-refractivity contribution in [2.45, 2.75) is 13.0 Å². The van der Waals surface area contributed by atoms with Crippen molar-refractivity contribution in [3.63, 3.8) is 0 Å². The Morgan fingerprint density at radius 2 is 2.31 bits per heavy atom. The van der Waals surface area contributed by atoms with Gasteiger partial charge in [-0.05, 0) is 25.1 Å². The first kappa shape index (κ1) is 8.94. The maximum atomic E-state index is 5.86. The lowest BCUT2D eigenvalue weighted by atomic mass is 10.3. The minimum atomic E-state index is -0.00354. The Hall–Kier alpha value is -0.640. The number of hydrogen-bond acceptors (Lipinski definition) is 3. The van der Waals surface area contributed by atoms with Gasteiger partial charge in [-0.15, -0.1) is 11.3 Å². The maximum Gasteiger partial charge on any atom is 0.110 e. The first-order valence-corrected chi connectivity index (χ1v) is 5.18. The van der Waals surface area contributed by atoms with Crippen LogP contribution in [0.1, 0.15) is 18.0 Å². The van der Waals surface area contributed by atoms with Gasteiger partial charge in [0.2, 0.25) is 0 Å². The van der Waals surface area contributed by atoms with Crippen LogP contribution in [0.15, 0.2) is 18.2 Å². The molecule has 0 unspecified atom stereocenters. The predicted molar refractivity (Wildman–Crippen MR) is 57.2 cm³/mol. The molecule has 0 saturated heterocycles.